The lowest BCUT2D eigenvalue weighted by atomic mass is 9.98. The molecular weight excluding hydrogens is 471 g/mol. The van der Waals surface area contributed by atoms with Gasteiger partial charge in [-0.1, -0.05) is 68.0 Å². The summed E-state index contributed by atoms with van der Waals surface area (Å²) in [5.74, 6) is 3.41. The topological polar surface area (TPSA) is 9.23 Å². The zero-order chi connectivity index (χ0) is 25.7. The first-order valence-electron chi connectivity index (χ1n) is 11.6. The van der Waals surface area contributed by atoms with Crippen LogP contribution in [0.5, 0.6) is 5.75 Å². The lowest BCUT2D eigenvalue weighted by Crippen LogP contribution is -2.17. The SMILES string of the molecule is CCCCCc1ccc(C#Cc2ccc3c(F)c(-c4ccc(OC(F)(F)F)c(F)c4)ccc3c2)cc1. The highest BCUT2D eigenvalue weighted by atomic mass is 19.4. The number of hydrogen-bond donors (Lipinski definition) is 0. The monoisotopic (exact) mass is 494 g/mol. The van der Waals surface area contributed by atoms with E-state index in [-0.39, 0.29) is 11.1 Å². The quantitative estimate of drug-likeness (QED) is 0.148. The van der Waals surface area contributed by atoms with Gasteiger partial charge in [-0.25, -0.2) is 8.78 Å². The van der Waals surface area contributed by atoms with Crippen LogP contribution in [0.1, 0.15) is 42.9 Å². The zero-order valence-electron chi connectivity index (χ0n) is 19.6. The minimum atomic E-state index is -5.02. The van der Waals surface area contributed by atoms with Gasteiger partial charge in [-0.15, -0.1) is 13.2 Å². The Kier molecular flexibility index (Phi) is 7.59. The Morgan fingerprint density at radius 1 is 0.778 bits per heavy atom. The molecule has 0 fully saturated rings. The predicted octanol–water partition coefficient (Wildman–Crippen LogP) is 8.82. The third kappa shape index (κ3) is 6.23. The van der Waals surface area contributed by atoms with E-state index in [4.69, 9.17) is 0 Å². The van der Waals surface area contributed by atoms with Gasteiger partial charge in [0.25, 0.3) is 0 Å². The van der Waals surface area contributed by atoms with Crippen LogP contribution >= 0.6 is 0 Å². The van der Waals surface area contributed by atoms with Crippen LogP contribution in [0.3, 0.4) is 0 Å². The second-order valence-electron chi connectivity index (χ2n) is 8.46. The fourth-order valence-electron chi connectivity index (χ4n) is 3.95. The van der Waals surface area contributed by atoms with Gasteiger partial charge in [0.1, 0.15) is 5.82 Å². The minimum absolute atomic E-state index is 0.0674. The van der Waals surface area contributed by atoms with Gasteiger partial charge in [0, 0.05) is 22.1 Å². The molecule has 0 atom stereocenters. The van der Waals surface area contributed by atoms with Crippen LogP contribution in [0, 0.1) is 23.5 Å². The molecule has 1 nitrogen and oxygen atoms in total. The highest BCUT2D eigenvalue weighted by Crippen LogP contribution is 2.33. The number of benzene rings is 4. The Balaban J connectivity index is 1.55. The second kappa shape index (κ2) is 10.8. The molecule has 0 spiro atoms. The number of rotatable bonds is 6. The van der Waals surface area contributed by atoms with Gasteiger partial charge in [0.05, 0.1) is 0 Å². The molecule has 0 saturated heterocycles. The maximum absolute atomic E-state index is 15.2. The van der Waals surface area contributed by atoms with E-state index in [1.54, 1.807) is 24.3 Å². The maximum Gasteiger partial charge on any atom is 0.573 e. The molecule has 0 aliphatic rings. The van der Waals surface area contributed by atoms with E-state index in [1.165, 1.54) is 37.0 Å². The number of halogens is 5. The van der Waals surface area contributed by atoms with Crippen molar-refractivity contribution in [3.63, 3.8) is 0 Å². The van der Waals surface area contributed by atoms with Gasteiger partial charge < -0.3 is 4.74 Å². The first-order valence-corrected chi connectivity index (χ1v) is 11.6. The van der Waals surface area contributed by atoms with E-state index >= 15 is 4.39 Å². The molecule has 0 N–H and O–H groups in total. The van der Waals surface area contributed by atoms with Crippen molar-refractivity contribution in [1.82, 2.24) is 0 Å². The highest BCUT2D eigenvalue weighted by molar-refractivity contribution is 5.89. The van der Waals surface area contributed by atoms with Crippen molar-refractivity contribution in [2.75, 3.05) is 0 Å². The molecule has 6 heteroatoms. The van der Waals surface area contributed by atoms with Gasteiger partial charge in [-0.05, 0) is 65.8 Å². The summed E-state index contributed by atoms with van der Waals surface area (Å²) in [4.78, 5) is 0. The van der Waals surface area contributed by atoms with E-state index in [0.29, 0.717) is 16.3 Å². The smallest absolute Gasteiger partial charge is 0.403 e. The summed E-state index contributed by atoms with van der Waals surface area (Å²) in [7, 11) is 0. The van der Waals surface area contributed by atoms with Gasteiger partial charge in [-0.3, -0.25) is 0 Å². The molecule has 0 aromatic heterocycles. The van der Waals surface area contributed by atoms with Crippen LogP contribution in [0.25, 0.3) is 21.9 Å². The summed E-state index contributed by atoms with van der Waals surface area (Å²) in [6, 6.07) is 19.2. The zero-order valence-corrected chi connectivity index (χ0v) is 19.6. The average molecular weight is 495 g/mol. The van der Waals surface area contributed by atoms with Crippen LogP contribution in [0.4, 0.5) is 22.0 Å². The number of fused-ring (bicyclic) bond motifs is 1. The summed E-state index contributed by atoms with van der Waals surface area (Å²) in [6.07, 6.45) is -0.394. The number of alkyl halides is 3. The Hall–Kier alpha value is -3.85. The van der Waals surface area contributed by atoms with Gasteiger partial charge in [-0.2, -0.15) is 0 Å². The Morgan fingerprint density at radius 2 is 1.50 bits per heavy atom. The highest BCUT2D eigenvalue weighted by Gasteiger charge is 2.32. The molecule has 0 heterocycles. The molecule has 4 rings (SSSR count). The Labute approximate surface area is 206 Å². The van der Waals surface area contributed by atoms with E-state index < -0.39 is 23.7 Å². The largest absolute Gasteiger partial charge is 0.573 e. The van der Waals surface area contributed by atoms with Crippen LogP contribution in [-0.4, -0.2) is 6.36 Å². The van der Waals surface area contributed by atoms with Crippen LogP contribution in [-0.2, 0) is 6.42 Å². The van der Waals surface area contributed by atoms with Gasteiger partial charge >= 0.3 is 6.36 Å². The van der Waals surface area contributed by atoms with E-state index in [0.717, 1.165) is 24.1 Å². The second-order valence-corrected chi connectivity index (χ2v) is 8.46. The van der Waals surface area contributed by atoms with Crippen molar-refractivity contribution >= 4 is 10.8 Å². The molecule has 0 unspecified atom stereocenters. The standard InChI is InChI=1S/C30H23F5O/c1-2-3-4-5-20-6-8-21(9-7-20)10-11-22-12-15-25-23(18-22)13-16-26(29(25)32)24-14-17-28(27(31)19-24)36-30(33,34)35/h6-9,12-19H,2-5H2,1H3. The van der Waals surface area contributed by atoms with Gasteiger partial charge in [0.15, 0.2) is 11.6 Å². The predicted molar refractivity (Wildman–Crippen MR) is 132 cm³/mol. The molecule has 184 valence electrons. The Morgan fingerprint density at radius 3 is 2.19 bits per heavy atom. The van der Waals surface area contributed by atoms with Crippen LogP contribution in [0.2, 0.25) is 0 Å². The van der Waals surface area contributed by atoms with Crippen molar-refractivity contribution in [2.24, 2.45) is 0 Å². The fraction of sp³-hybridized carbons (Fsp3) is 0.200. The molecule has 0 radical (unpaired) electrons. The molecule has 0 amide bonds. The van der Waals surface area contributed by atoms with E-state index in [1.807, 2.05) is 12.1 Å². The summed E-state index contributed by atoms with van der Waals surface area (Å²) < 4.78 is 70.1. The van der Waals surface area contributed by atoms with E-state index in [2.05, 4.69) is 35.6 Å². The Bertz CT molecular complexity index is 1430. The average Bonchev–Trinajstić information content (AvgIpc) is 2.84. The molecule has 0 bridgehead atoms. The number of aryl methyl sites for hydroxylation is 1. The van der Waals surface area contributed by atoms with Crippen molar-refractivity contribution < 1.29 is 26.7 Å². The van der Waals surface area contributed by atoms with Crippen molar-refractivity contribution in [1.29, 1.82) is 0 Å². The fourth-order valence-corrected chi connectivity index (χ4v) is 3.95. The van der Waals surface area contributed by atoms with E-state index in [9.17, 15) is 17.6 Å². The normalized spacial score (nSPS) is 11.3. The number of hydrogen-bond acceptors (Lipinski definition) is 1. The number of unbranched alkanes of at least 4 members (excludes halogenated alkanes) is 2. The lowest BCUT2D eigenvalue weighted by Gasteiger charge is -2.12. The summed E-state index contributed by atoms with van der Waals surface area (Å²) in [5.41, 5.74) is 3.05. The maximum atomic E-state index is 15.2. The molecule has 0 aliphatic heterocycles. The minimum Gasteiger partial charge on any atom is -0.403 e. The summed E-state index contributed by atoms with van der Waals surface area (Å²) >= 11 is 0. The van der Waals surface area contributed by atoms with Crippen LogP contribution in [0.15, 0.2) is 72.8 Å². The molecule has 4 aromatic rings. The molecule has 4 aromatic carbocycles. The molecule has 36 heavy (non-hydrogen) atoms. The van der Waals surface area contributed by atoms with Crippen molar-refractivity contribution in [3.05, 3.63) is 101 Å². The lowest BCUT2D eigenvalue weighted by molar-refractivity contribution is -0.275. The van der Waals surface area contributed by atoms with Gasteiger partial charge in [0.2, 0.25) is 0 Å². The first kappa shape index (κ1) is 25.2. The molecular formula is C30H23F5O. The van der Waals surface area contributed by atoms with Crippen molar-refractivity contribution in [2.45, 2.75) is 39.0 Å². The molecule has 0 aliphatic carbocycles. The van der Waals surface area contributed by atoms with Crippen LogP contribution < -0.4 is 4.74 Å². The third-order valence-corrected chi connectivity index (χ3v) is 5.80. The third-order valence-electron chi connectivity index (χ3n) is 5.80. The molecule has 0 saturated carbocycles. The number of ether oxygens (including phenoxy) is 1. The summed E-state index contributed by atoms with van der Waals surface area (Å²) in [6.45, 7) is 2.18. The van der Waals surface area contributed by atoms with Crippen molar-refractivity contribution in [3.8, 4) is 28.7 Å². The summed E-state index contributed by atoms with van der Waals surface area (Å²) in [5, 5.41) is 0.900. The first-order chi connectivity index (χ1) is 17.2.